The molecular weight excluding hydrogens is 422 g/mol. The van der Waals surface area contributed by atoms with E-state index in [2.05, 4.69) is 26.1 Å². The van der Waals surface area contributed by atoms with E-state index in [9.17, 15) is 18.4 Å². The summed E-state index contributed by atoms with van der Waals surface area (Å²) < 4.78 is 29.0. The van der Waals surface area contributed by atoms with Gasteiger partial charge in [0.25, 0.3) is 0 Å². The van der Waals surface area contributed by atoms with Crippen LogP contribution in [0.1, 0.15) is 67.9 Å². The van der Waals surface area contributed by atoms with Gasteiger partial charge in [0.2, 0.25) is 5.91 Å². The predicted molar refractivity (Wildman–Crippen MR) is 128 cm³/mol. The summed E-state index contributed by atoms with van der Waals surface area (Å²) in [4.78, 5) is 26.5. The van der Waals surface area contributed by atoms with E-state index in [1.165, 1.54) is 0 Å². The second kappa shape index (κ2) is 11.5. The first-order chi connectivity index (χ1) is 15.4. The van der Waals surface area contributed by atoms with Gasteiger partial charge < -0.3 is 10.2 Å². The lowest BCUT2D eigenvalue weighted by molar-refractivity contribution is -0.122. The molecule has 0 aliphatic heterocycles. The predicted octanol–water partition coefficient (Wildman–Crippen LogP) is 5.37. The number of carbonyl (C=O) groups is 2. The molecule has 0 saturated carbocycles. The number of nitrogens with one attached hydrogen (secondary N) is 1. The van der Waals surface area contributed by atoms with E-state index in [1.807, 2.05) is 49.3 Å². The number of carbonyl (C=O) groups excluding carboxylic acids is 2. The normalized spacial score (nSPS) is 13.6. The van der Waals surface area contributed by atoms with E-state index in [-0.39, 0.29) is 47.3 Å². The molecule has 0 aliphatic carbocycles. The van der Waals surface area contributed by atoms with Crippen LogP contribution in [0, 0.1) is 17.0 Å². The maximum Gasteiger partial charge on any atom is 0.220 e. The molecule has 33 heavy (non-hydrogen) atoms. The molecule has 0 aromatic heterocycles. The fourth-order valence-corrected chi connectivity index (χ4v) is 3.94. The van der Waals surface area contributed by atoms with Crippen LogP contribution in [0.4, 0.5) is 8.78 Å². The van der Waals surface area contributed by atoms with E-state index in [1.54, 1.807) is 6.92 Å². The van der Waals surface area contributed by atoms with Gasteiger partial charge in [0, 0.05) is 25.4 Å². The number of ketones is 1. The van der Waals surface area contributed by atoms with Crippen molar-refractivity contribution in [2.45, 2.75) is 58.9 Å². The Morgan fingerprint density at radius 1 is 1.03 bits per heavy atom. The summed E-state index contributed by atoms with van der Waals surface area (Å²) in [5, 5.41) is 2.98. The van der Waals surface area contributed by atoms with E-state index in [0.29, 0.717) is 13.0 Å². The van der Waals surface area contributed by atoms with Gasteiger partial charge in [-0.1, -0.05) is 58.0 Å². The van der Waals surface area contributed by atoms with Crippen LogP contribution in [0.15, 0.2) is 42.5 Å². The Balaban J connectivity index is 2.09. The number of benzene rings is 2. The van der Waals surface area contributed by atoms with Crippen molar-refractivity contribution < 1.29 is 18.4 Å². The van der Waals surface area contributed by atoms with E-state index in [4.69, 9.17) is 0 Å². The molecule has 2 atom stereocenters. The summed E-state index contributed by atoms with van der Waals surface area (Å²) >= 11 is 0. The first-order valence-electron chi connectivity index (χ1n) is 11.4. The van der Waals surface area contributed by atoms with Crippen molar-refractivity contribution in [3.05, 3.63) is 70.8 Å². The lowest BCUT2D eigenvalue weighted by Gasteiger charge is -2.31. The molecule has 0 heterocycles. The van der Waals surface area contributed by atoms with Crippen LogP contribution in [0.3, 0.4) is 0 Å². The third-order valence-corrected chi connectivity index (χ3v) is 6.12. The van der Waals surface area contributed by atoms with Gasteiger partial charge >= 0.3 is 0 Å². The number of hydrogen-bond acceptors (Lipinski definition) is 3. The van der Waals surface area contributed by atoms with Crippen molar-refractivity contribution in [1.29, 1.82) is 0 Å². The second-order valence-electron chi connectivity index (χ2n) is 9.86. The SMILES string of the molecule is CCC(=O)c1cc(F)c(C[C@@H](CNC(=O)C[C@@H](c2ccccc2)C(C)(C)C)N(C)C)cc1F. The fraction of sp³-hybridized carbons (Fsp3) is 0.481. The van der Waals surface area contributed by atoms with Crippen LogP contribution in [0.5, 0.6) is 0 Å². The first-order valence-corrected chi connectivity index (χ1v) is 11.4. The maximum atomic E-state index is 14.6. The Hall–Kier alpha value is -2.60. The molecule has 2 aromatic rings. The molecule has 0 saturated heterocycles. The average molecular weight is 459 g/mol. The summed E-state index contributed by atoms with van der Waals surface area (Å²) in [7, 11) is 3.67. The monoisotopic (exact) mass is 458 g/mol. The standard InChI is InChI=1S/C27H36F2N2O2/c1-7-25(32)21-15-23(28)19(14-24(21)29)13-20(31(5)6)17-30-26(33)16-22(27(2,3)4)18-11-9-8-10-12-18/h8-12,14-15,20,22H,7,13,16-17H2,1-6H3,(H,30,33)/t20-,22-/m0/s1. The summed E-state index contributed by atoms with van der Waals surface area (Å²) in [6, 6.07) is 11.8. The minimum absolute atomic E-state index is 0.0479. The zero-order valence-corrected chi connectivity index (χ0v) is 20.5. The lowest BCUT2D eigenvalue weighted by Crippen LogP contribution is -2.42. The molecule has 2 aromatic carbocycles. The van der Waals surface area contributed by atoms with Crippen LogP contribution >= 0.6 is 0 Å². The maximum absolute atomic E-state index is 14.6. The van der Waals surface area contributed by atoms with Gasteiger partial charge in [-0.15, -0.1) is 0 Å². The number of rotatable bonds is 10. The molecule has 0 spiro atoms. The van der Waals surface area contributed by atoms with Crippen molar-refractivity contribution in [2.75, 3.05) is 20.6 Å². The van der Waals surface area contributed by atoms with Gasteiger partial charge in [-0.2, -0.15) is 0 Å². The number of halogens is 2. The molecule has 0 radical (unpaired) electrons. The topological polar surface area (TPSA) is 49.4 Å². The summed E-state index contributed by atoms with van der Waals surface area (Å²) in [5.41, 5.74) is 0.981. The summed E-state index contributed by atoms with van der Waals surface area (Å²) in [6.07, 6.45) is 0.656. The second-order valence-corrected chi connectivity index (χ2v) is 9.86. The van der Waals surface area contributed by atoms with Crippen LogP contribution in [0.2, 0.25) is 0 Å². The molecule has 0 fully saturated rings. The van der Waals surface area contributed by atoms with Crippen LogP contribution in [-0.2, 0) is 11.2 Å². The van der Waals surface area contributed by atoms with Gasteiger partial charge in [-0.3, -0.25) is 9.59 Å². The van der Waals surface area contributed by atoms with Gasteiger partial charge in [-0.05, 0) is 55.1 Å². The smallest absolute Gasteiger partial charge is 0.220 e. The number of hydrogen-bond donors (Lipinski definition) is 1. The molecular formula is C27H36F2N2O2. The Labute approximate surface area is 196 Å². The highest BCUT2D eigenvalue weighted by Crippen LogP contribution is 2.37. The van der Waals surface area contributed by atoms with Crippen LogP contribution in [0.25, 0.3) is 0 Å². The van der Waals surface area contributed by atoms with Gasteiger partial charge in [0.15, 0.2) is 5.78 Å². The third-order valence-electron chi connectivity index (χ3n) is 6.12. The molecule has 0 aliphatic rings. The summed E-state index contributed by atoms with van der Waals surface area (Å²) in [6.45, 7) is 8.26. The number of Topliss-reactive ketones (excluding diaryl/α,β-unsaturated/α-hetero) is 1. The zero-order valence-electron chi connectivity index (χ0n) is 20.5. The molecule has 180 valence electrons. The van der Waals surface area contributed by atoms with Crippen molar-refractivity contribution in [3.8, 4) is 0 Å². The number of amides is 1. The minimum Gasteiger partial charge on any atom is -0.355 e. The Morgan fingerprint density at radius 3 is 2.21 bits per heavy atom. The molecule has 2 rings (SSSR count). The Morgan fingerprint density at radius 2 is 1.67 bits per heavy atom. The highest BCUT2D eigenvalue weighted by Gasteiger charge is 2.29. The molecule has 1 N–H and O–H groups in total. The van der Waals surface area contributed by atoms with Gasteiger partial charge in [-0.25, -0.2) is 8.78 Å². The number of likely N-dealkylation sites (N-methyl/N-ethyl adjacent to an activating group) is 1. The molecule has 1 amide bonds. The number of nitrogens with zero attached hydrogens (tertiary/aromatic N) is 1. The van der Waals surface area contributed by atoms with Gasteiger partial charge in [0.1, 0.15) is 11.6 Å². The molecule has 4 nitrogen and oxygen atoms in total. The third kappa shape index (κ3) is 7.46. The highest BCUT2D eigenvalue weighted by atomic mass is 19.1. The highest BCUT2D eigenvalue weighted by molar-refractivity contribution is 5.96. The van der Waals surface area contributed by atoms with Crippen LogP contribution in [-0.4, -0.2) is 43.3 Å². The van der Waals surface area contributed by atoms with Crippen molar-refractivity contribution >= 4 is 11.7 Å². The molecule has 6 heteroatoms. The van der Waals surface area contributed by atoms with E-state index < -0.39 is 17.4 Å². The van der Waals surface area contributed by atoms with Crippen molar-refractivity contribution in [2.24, 2.45) is 5.41 Å². The minimum atomic E-state index is -0.712. The first kappa shape index (κ1) is 26.7. The Kier molecular flexibility index (Phi) is 9.29. The molecule has 0 unspecified atom stereocenters. The zero-order chi connectivity index (χ0) is 24.8. The Bertz CT molecular complexity index is 953. The fourth-order valence-electron chi connectivity index (χ4n) is 3.94. The van der Waals surface area contributed by atoms with E-state index >= 15 is 0 Å². The van der Waals surface area contributed by atoms with Crippen molar-refractivity contribution in [1.82, 2.24) is 10.2 Å². The molecule has 0 bridgehead atoms. The lowest BCUT2D eigenvalue weighted by atomic mass is 9.74. The van der Waals surface area contributed by atoms with Crippen LogP contribution < -0.4 is 5.32 Å². The van der Waals surface area contributed by atoms with Gasteiger partial charge in [0.05, 0.1) is 5.56 Å². The summed E-state index contributed by atoms with van der Waals surface area (Å²) in [5.74, 6) is -1.78. The van der Waals surface area contributed by atoms with Crippen molar-refractivity contribution in [3.63, 3.8) is 0 Å². The largest absolute Gasteiger partial charge is 0.355 e. The van der Waals surface area contributed by atoms with E-state index in [0.717, 1.165) is 17.7 Å². The quantitative estimate of drug-likeness (QED) is 0.487. The average Bonchev–Trinajstić information content (AvgIpc) is 2.75.